The molecule has 21 heavy (non-hydrogen) atoms. The molecule has 0 radical (unpaired) electrons. The molecule has 4 nitrogen and oxygen atoms in total. The summed E-state index contributed by atoms with van der Waals surface area (Å²) in [4.78, 5) is 8.81. The first-order valence-corrected chi connectivity index (χ1v) is 7.22. The number of ether oxygens (including phenoxy) is 1. The molecule has 0 aliphatic heterocycles. The number of nitrogens with zero attached hydrogens (tertiary/aromatic N) is 2. The quantitative estimate of drug-likeness (QED) is 0.844. The molecule has 2 rings (SSSR count). The number of aromatic nitrogens is 2. The van der Waals surface area contributed by atoms with Crippen LogP contribution in [-0.4, -0.2) is 23.6 Å². The van der Waals surface area contributed by atoms with Gasteiger partial charge in [-0.15, -0.1) is 0 Å². The first-order chi connectivity index (χ1) is 10.3. The van der Waals surface area contributed by atoms with Crippen molar-refractivity contribution in [3.05, 3.63) is 53.9 Å². The van der Waals surface area contributed by atoms with Crippen molar-refractivity contribution in [2.24, 2.45) is 0 Å². The largest absolute Gasteiger partial charge is 0.473 e. The molecule has 0 saturated carbocycles. The summed E-state index contributed by atoms with van der Waals surface area (Å²) < 4.78 is 5.68. The molecule has 1 heterocycles. The van der Waals surface area contributed by atoms with Crippen LogP contribution in [0.5, 0.6) is 5.88 Å². The van der Waals surface area contributed by atoms with E-state index in [1.807, 2.05) is 43.5 Å². The fraction of sp³-hybridized carbons (Fsp3) is 0.294. The van der Waals surface area contributed by atoms with E-state index < -0.39 is 0 Å². The molecule has 1 aromatic carbocycles. The van der Waals surface area contributed by atoms with Crippen LogP contribution in [0.15, 0.2) is 42.5 Å². The lowest BCUT2D eigenvalue weighted by molar-refractivity contribution is 0.347. The Kier molecular flexibility index (Phi) is 5.76. The second kappa shape index (κ2) is 8.04. The maximum atomic E-state index is 5.68. The summed E-state index contributed by atoms with van der Waals surface area (Å²) in [6.07, 6.45) is 5.88. The van der Waals surface area contributed by atoms with Gasteiger partial charge in [-0.25, -0.2) is 4.98 Å². The Morgan fingerprint density at radius 3 is 2.71 bits per heavy atom. The maximum absolute atomic E-state index is 5.68. The van der Waals surface area contributed by atoms with E-state index in [0.29, 0.717) is 12.5 Å². The minimum atomic E-state index is 0.487. The lowest BCUT2D eigenvalue weighted by atomic mass is 10.2. The van der Waals surface area contributed by atoms with Crippen molar-refractivity contribution < 1.29 is 4.74 Å². The summed E-state index contributed by atoms with van der Waals surface area (Å²) in [6, 6.07) is 12.0. The van der Waals surface area contributed by atoms with E-state index >= 15 is 0 Å². The minimum Gasteiger partial charge on any atom is -0.473 e. The molecule has 4 heteroatoms. The minimum absolute atomic E-state index is 0.487. The Hall–Kier alpha value is -2.36. The van der Waals surface area contributed by atoms with Crippen molar-refractivity contribution in [2.75, 3.05) is 19.0 Å². The highest BCUT2D eigenvalue weighted by atomic mass is 16.5. The summed E-state index contributed by atoms with van der Waals surface area (Å²) in [5.74, 6) is 2.21. The highest BCUT2D eigenvalue weighted by Gasteiger charge is 2.03. The molecule has 0 fully saturated rings. The molecule has 0 unspecified atom stereocenters. The third-order valence-corrected chi connectivity index (χ3v) is 2.92. The van der Waals surface area contributed by atoms with Crippen molar-refractivity contribution in [3.8, 4) is 5.88 Å². The van der Waals surface area contributed by atoms with Crippen molar-refractivity contribution in [1.29, 1.82) is 0 Å². The van der Waals surface area contributed by atoms with Gasteiger partial charge in [-0.1, -0.05) is 43.3 Å². The van der Waals surface area contributed by atoms with E-state index in [-0.39, 0.29) is 0 Å². The molecule has 1 aromatic heterocycles. The Labute approximate surface area is 125 Å². The van der Waals surface area contributed by atoms with Gasteiger partial charge in [0.15, 0.2) is 0 Å². The van der Waals surface area contributed by atoms with Crippen LogP contribution in [0.25, 0.3) is 6.08 Å². The van der Waals surface area contributed by atoms with Gasteiger partial charge < -0.3 is 10.1 Å². The van der Waals surface area contributed by atoms with Crippen LogP contribution in [0.2, 0.25) is 0 Å². The predicted octanol–water partition coefficient (Wildman–Crippen LogP) is 3.56. The summed E-state index contributed by atoms with van der Waals surface area (Å²) in [5.41, 5.74) is 1.16. The van der Waals surface area contributed by atoms with Gasteiger partial charge in [-0.05, 0) is 18.1 Å². The van der Waals surface area contributed by atoms with Crippen molar-refractivity contribution in [1.82, 2.24) is 9.97 Å². The molecule has 0 spiro atoms. The third-order valence-electron chi connectivity index (χ3n) is 2.92. The lowest BCUT2D eigenvalue weighted by Gasteiger charge is -2.07. The third kappa shape index (κ3) is 4.91. The van der Waals surface area contributed by atoms with Crippen LogP contribution < -0.4 is 10.1 Å². The van der Waals surface area contributed by atoms with Crippen LogP contribution in [0, 0.1) is 0 Å². The predicted molar refractivity (Wildman–Crippen MR) is 86.5 cm³/mol. The van der Waals surface area contributed by atoms with Gasteiger partial charge in [0.25, 0.3) is 0 Å². The van der Waals surface area contributed by atoms with Gasteiger partial charge in [0.2, 0.25) is 5.88 Å². The van der Waals surface area contributed by atoms with Crippen LogP contribution in [-0.2, 0) is 6.42 Å². The molecular weight excluding hydrogens is 262 g/mol. The Morgan fingerprint density at radius 2 is 2.00 bits per heavy atom. The van der Waals surface area contributed by atoms with Gasteiger partial charge in [-0.2, -0.15) is 4.98 Å². The zero-order valence-corrected chi connectivity index (χ0v) is 12.5. The van der Waals surface area contributed by atoms with E-state index in [9.17, 15) is 0 Å². The van der Waals surface area contributed by atoms with Gasteiger partial charge in [0, 0.05) is 19.5 Å². The zero-order valence-electron chi connectivity index (χ0n) is 12.5. The molecule has 0 atom stereocenters. The van der Waals surface area contributed by atoms with Gasteiger partial charge >= 0.3 is 0 Å². The molecule has 110 valence electrons. The normalized spacial score (nSPS) is 10.8. The standard InChI is InChI=1S/C17H21N3O/c1-3-8-15-19-16(18-2)13-17(20-15)21-12-7-11-14-9-5-4-6-10-14/h4-7,9-11,13H,3,8,12H2,1-2H3,(H,18,19,20)/b11-7+. The Balaban J connectivity index is 1.96. The number of nitrogens with one attached hydrogen (secondary N) is 1. The number of hydrogen-bond donors (Lipinski definition) is 1. The fourth-order valence-corrected chi connectivity index (χ4v) is 1.89. The van der Waals surface area contributed by atoms with Gasteiger partial charge in [-0.3, -0.25) is 0 Å². The van der Waals surface area contributed by atoms with Crippen molar-refractivity contribution >= 4 is 11.9 Å². The summed E-state index contributed by atoms with van der Waals surface area (Å²) in [7, 11) is 1.84. The van der Waals surface area contributed by atoms with E-state index in [0.717, 1.165) is 30.0 Å². The molecule has 0 bridgehead atoms. The summed E-state index contributed by atoms with van der Waals surface area (Å²) >= 11 is 0. The van der Waals surface area contributed by atoms with E-state index in [4.69, 9.17) is 4.74 Å². The molecule has 0 aliphatic carbocycles. The van der Waals surface area contributed by atoms with E-state index in [1.54, 1.807) is 0 Å². The van der Waals surface area contributed by atoms with Crippen molar-refractivity contribution in [3.63, 3.8) is 0 Å². The Morgan fingerprint density at radius 1 is 1.19 bits per heavy atom. The fourth-order valence-electron chi connectivity index (χ4n) is 1.89. The van der Waals surface area contributed by atoms with Crippen LogP contribution in [0.3, 0.4) is 0 Å². The SMILES string of the molecule is CCCc1nc(NC)cc(OC/C=C/c2ccccc2)n1. The second-order valence-electron chi connectivity index (χ2n) is 4.63. The molecule has 0 amide bonds. The van der Waals surface area contributed by atoms with Crippen LogP contribution >= 0.6 is 0 Å². The smallest absolute Gasteiger partial charge is 0.219 e. The topological polar surface area (TPSA) is 47.0 Å². The van der Waals surface area contributed by atoms with Crippen LogP contribution in [0.1, 0.15) is 24.7 Å². The number of rotatable bonds is 7. The molecule has 1 N–H and O–H groups in total. The average molecular weight is 283 g/mol. The van der Waals surface area contributed by atoms with Crippen molar-refractivity contribution in [2.45, 2.75) is 19.8 Å². The summed E-state index contributed by atoms with van der Waals surface area (Å²) in [5, 5.41) is 3.03. The highest BCUT2D eigenvalue weighted by molar-refractivity contribution is 5.48. The monoisotopic (exact) mass is 283 g/mol. The summed E-state index contributed by atoms with van der Waals surface area (Å²) in [6.45, 7) is 2.60. The first kappa shape index (κ1) is 15.0. The Bertz CT molecular complexity index is 582. The molecule has 0 saturated heterocycles. The van der Waals surface area contributed by atoms with Gasteiger partial charge in [0.1, 0.15) is 18.2 Å². The number of hydrogen-bond acceptors (Lipinski definition) is 4. The average Bonchev–Trinajstić information content (AvgIpc) is 2.53. The highest BCUT2D eigenvalue weighted by Crippen LogP contribution is 2.14. The zero-order chi connectivity index (χ0) is 14.9. The van der Waals surface area contributed by atoms with E-state index in [1.165, 1.54) is 0 Å². The molecular formula is C17H21N3O. The molecule has 2 aromatic rings. The van der Waals surface area contributed by atoms with Crippen LogP contribution in [0.4, 0.5) is 5.82 Å². The number of anilines is 1. The first-order valence-electron chi connectivity index (χ1n) is 7.22. The number of benzene rings is 1. The van der Waals surface area contributed by atoms with E-state index in [2.05, 4.69) is 34.3 Å². The van der Waals surface area contributed by atoms with Gasteiger partial charge in [0.05, 0.1) is 0 Å². The second-order valence-corrected chi connectivity index (χ2v) is 4.63. The molecule has 0 aliphatic rings. The maximum Gasteiger partial charge on any atom is 0.219 e. The lowest BCUT2D eigenvalue weighted by Crippen LogP contribution is -2.04. The number of aryl methyl sites for hydroxylation is 1.